The molecule has 0 atom stereocenters. The summed E-state index contributed by atoms with van der Waals surface area (Å²) in [5, 5.41) is 6.37. The molecule has 3 rings (SSSR count). The molecule has 104 valence electrons. The molecule has 2 aromatic rings. The third-order valence-corrected chi connectivity index (χ3v) is 3.90. The topological polar surface area (TPSA) is 67.8 Å². The van der Waals surface area contributed by atoms with Crippen LogP contribution in [-0.4, -0.2) is 17.6 Å². The molecule has 2 aromatic carbocycles. The summed E-state index contributed by atoms with van der Waals surface area (Å²) in [5.41, 5.74) is 1.80. The number of amides is 1. The molecule has 0 radical (unpaired) electrons. The zero-order chi connectivity index (χ0) is 14.8. The number of carbonyl (C=O) groups excluding carboxylic acids is 2. The van der Waals surface area contributed by atoms with Crippen LogP contribution in [0.5, 0.6) is 0 Å². The molecule has 1 heterocycles. The van der Waals surface area contributed by atoms with Gasteiger partial charge >= 0.3 is 5.97 Å². The van der Waals surface area contributed by atoms with Crippen molar-refractivity contribution in [3.8, 4) is 0 Å². The van der Waals surface area contributed by atoms with Gasteiger partial charge < -0.3 is 10.2 Å². The van der Waals surface area contributed by atoms with Crippen LogP contribution in [-0.2, 0) is 9.63 Å². The van der Waals surface area contributed by atoms with Crippen molar-refractivity contribution in [3.63, 3.8) is 0 Å². The lowest BCUT2D eigenvalue weighted by Crippen LogP contribution is -2.16. The molecule has 1 amide bonds. The van der Waals surface area contributed by atoms with Crippen molar-refractivity contribution in [2.24, 2.45) is 5.16 Å². The van der Waals surface area contributed by atoms with Gasteiger partial charge in [-0.3, -0.25) is 4.79 Å². The zero-order valence-electron chi connectivity index (χ0n) is 10.7. The highest BCUT2D eigenvalue weighted by atomic mass is 127. The van der Waals surface area contributed by atoms with Crippen LogP contribution >= 0.6 is 22.6 Å². The summed E-state index contributed by atoms with van der Waals surface area (Å²) in [6, 6.07) is 14.1. The Kier molecular flexibility index (Phi) is 3.70. The predicted octanol–water partition coefficient (Wildman–Crippen LogP) is 2.80. The quantitative estimate of drug-likeness (QED) is 0.486. The summed E-state index contributed by atoms with van der Waals surface area (Å²) >= 11 is 2.04. The lowest BCUT2D eigenvalue weighted by Gasteiger charge is -2.01. The van der Waals surface area contributed by atoms with Crippen LogP contribution in [0, 0.1) is 3.57 Å². The summed E-state index contributed by atoms with van der Waals surface area (Å²) < 4.78 is 0.761. The molecule has 0 saturated carbocycles. The van der Waals surface area contributed by atoms with Crippen LogP contribution in [0.25, 0.3) is 0 Å². The Hall–Kier alpha value is -2.22. The molecule has 0 unspecified atom stereocenters. The summed E-state index contributed by atoms with van der Waals surface area (Å²) in [4.78, 5) is 28.7. The van der Waals surface area contributed by atoms with Crippen LogP contribution in [0.2, 0.25) is 0 Å². The number of anilines is 1. The van der Waals surface area contributed by atoms with Gasteiger partial charge in [-0.15, -0.1) is 0 Å². The van der Waals surface area contributed by atoms with Crippen molar-refractivity contribution >= 4 is 45.9 Å². The Morgan fingerprint density at radius 3 is 2.62 bits per heavy atom. The Balaban J connectivity index is 1.86. The van der Waals surface area contributed by atoms with E-state index in [0.29, 0.717) is 16.8 Å². The van der Waals surface area contributed by atoms with E-state index in [1.165, 1.54) is 0 Å². The van der Waals surface area contributed by atoms with Crippen molar-refractivity contribution in [3.05, 3.63) is 63.2 Å². The maximum atomic E-state index is 12.0. The third-order valence-electron chi connectivity index (χ3n) is 2.96. The maximum absolute atomic E-state index is 12.0. The summed E-state index contributed by atoms with van der Waals surface area (Å²) in [6.07, 6.45) is 0. The van der Waals surface area contributed by atoms with Crippen LogP contribution in [0.4, 0.5) is 5.69 Å². The normalized spacial score (nSPS) is 14.7. The molecule has 0 fully saturated rings. The van der Waals surface area contributed by atoms with E-state index >= 15 is 0 Å². The van der Waals surface area contributed by atoms with Gasteiger partial charge in [0.2, 0.25) is 0 Å². The highest BCUT2D eigenvalue weighted by Crippen LogP contribution is 2.23. The average molecular weight is 392 g/mol. The number of halogens is 1. The fourth-order valence-corrected chi connectivity index (χ4v) is 2.56. The molecule has 0 saturated heterocycles. The largest absolute Gasteiger partial charge is 0.366 e. The van der Waals surface area contributed by atoms with Crippen LogP contribution in [0.1, 0.15) is 15.9 Å². The van der Waals surface area contributed by atoms with E-state index in [9.17, 15) is 9.59 Å². The number of oxime groups is 1. The molecule has 0 aromatic heterocycles. The van der Waals surface area contributed by atoms with Gasteiger partial charge in [-0.1, -0.05) is 35.5 Å². The fraction of sp³-hybridized carbons (Fsp3) is 0. The smallest absolute Gasteiger partial charge is 0.320 e. The number of para-hydroxylation sites is 1. The molecule has 1 aliphatic rings. The lowest BCUT2D eigenvalue weighted by atomic mass is 10.1. The van der Waals surface area contributed by atoms with Crippen molar-refractivity contribution in [1.82, 2.24) is 0 Å². The second-order valence-corrected chi connectivity index (χ2v) is 5.46. The Labute approximate surface area is 134 Å². The van der Waals surface area contributed by atoms with Gasteiger partial charge in [0.25, 0.3) is 5.91 Å². The molecule has 5 nitrogen and oxygen atoms in total. The van der Waals surface area contributed by atoms with Gasteiger partial charge in [-0.2, -0.15) is 0 Å². The minimum absolute atomic E-state index is 0.102. The number of nitrogens with zero attached hydrogens (tertiary/aromatic N) is 1. The van der Waals surface area contributed by atoms with E-state index in [1.54, 1.807) is 42.5 Å². The third kappa shape index (κ3) is 2.66. The van der Waals surface area contributed by atoms with E-state index in [-0.39, 0.29) is 11.6 Å². The number of fused-ring (bicyclic) bond motifs is 1. The molecule has 1 N–H and O–H groups in total. The van der Waals surface area contributed by atoms with Gasteiger partial charge in [-0.25, -0.2) is 4.79 Å². The first-order valence-electron chi connectivity index (χ1n) is 6.11. The second kappa shape index (κ2) is 5.65. The molecular weight excluding hydrogens is 383 g/mol. The summed E-state index contributed by atoms with van der Waals surface area (Å²) in [5.74, 6) is -0.976. The number of hydrogen-bond donors (Lipinski definition) is 1. The van der Waals surface area contributed by atoms with Crippen LogP contribution < -0.4 is 5.32 Å². The van der Waals surface area contributed by atoms with E-state index in [4.69, 9.17) is 4.84 Å². The first kappa shape index (κ1) is 13.7. The number of rotatable bonds is 2. The fourth-order valence-electron chi connectivity index (χ4n) is 1.96. The van der Waals surface area contributed by atoms with Crippen molar-refractivity contribution < 1.29 is 14.4 Å². The highest BCUT2D eigenvalue weighted by Gasteiger charge is 2.26. The lowest BCUT2D eigenvalue weighted by molar-refractivity contribution is -0.110. The number of carbonyl (C=O) groups is 2. The standard InChI is InChI=1S/C15H9IN2O3/c16-11-7-3-1-5-9(11)15(20)21-18-13-10-6-2-4-8-12(10)17-14(13)19/h1-8H,(H,17,18,19). The summed E-state index contributed by atoms with van der Waals surface area (Å²) in [7, 11) is 0. The minimum atomic E-state index is -0.593. The molecular formula is C15H9IN2O3. The molecule has 0 bridgehead atoms. The van der Waals surface area contributed by atoms with Gasteiger partial charge in [0.05, 0.1) is 11.3 Å². The van der Waals surface area contributed by atoms with Gasteiger partial charge in [0.15, 0.2) is 5.71 Å². The Morgan fingerprint density at radius 1 is 1.10 bits per heavy atom. The number of hydrogen-bond acceptors (Lipinski definition) is 4. The minimum Gasteiger partial charge on any atom is -0.320 e. The van der Waals surface area contributed by atoms with Gasteiger partial charge in [0, 0.05) is 9.13 Å². The van der Waals surface area contributed by atoms with Crippen LogP contribution in [0.15, 0.2) is 53.7 Å². The van der Waals surface area contributed by atoms with Gasteiger partial charge in [0.1, 0.15) is 0 Å². The Bertz CT molecular complexity index is 771. The first-order chi connectivity index (χ1) is 10.2. The average Bonchev–Trinajstić information content (AvgIpc) is 2.81. The second-order valence-electron chi connectivity index (χ2n) is 4.30. The van der Waals surface area contributed by atoms with Crippen molar-refractivity contribution in [2.45, 2.75) is 0 Å². The molecule has 21 heavy (non-hydrogen) atoms. The maximum Gasteiger partial charge on any atom is 0.366 e. The Morgan fingerprint density at radius 2 is 1.81 bits per heavy atom. The van der Waals surface area contributed by atoms with Crippen molar-refractivity contribution in [1.29, 1.82) is 0 Å². The van der Waals surface area contributed by atoms with Crippen LogP contribution in [0.3, 0.4) is 0 Å². The molecule has 1 aliphatic heterocycles. The SMILES string of the molecule is O=C1Nc2ccccc2/C1=N\OC(=O)c1ccccc1I. The summed E-state index contributed by atoms with van der Waals surface area (Å²) in [6.45, 7) is 0. The predicted molar refractivity (Wildman–Crippen MR) is 86.2 cm³/mol. The zero-order valence-corrected chi connectivity index (χ0v) is 12.8. The molecule has 0 spiro atoms. The van der Waals surface area contributed by atoms with Crippen molar-refractivity contribution in [2.75, 3.05) is 5.32 Å². The molecule has 6 heteroatoms. The first-order valence-corrected chi connectivity index (χ1v) is 7.19. The molecule has 0 aliphatic carbocycles. The van der Waals surface area contributed by atoms with E-state index in [2.05, 4.69) is 10.5 Å². The van der Waals surface area contributed by atoms with E-state index < -0.39 is 5.97 Å². The highest BCUT2D eigenvalue weighted by molar-refractivity contribution is 14.1. The number of nitrogens with one attached hydrogen (secondary N) is 1. The van der Waals surface area contributed by atoms with E-state index in [0.717, 1.165) is 3.57 Å². The van der Waals surface area contributed by atoms with E-state index in [1.807, 2.05) is 28.7 Å². The number of benzene rings is 2. The monoisotopic (exact) mass is 392 g/mol. The van der Waals surface area contributed by atoms with Gasteiger partial charge in [-0.05, 0) is 40.8 Å².